The van der Waals surface area contributed by atoms with Crippen molar-refractivity contribution in [3.8, 4) is 0 Å². The number of aromatic nitrogens is 2. The highest BCUT2D eigenvalue weighted by Crippen LogP contribution is 2.24. The van der Waals surface area contributed by atoms with Gasteiger partial charge in [-0.15, -0.1) is 0 Å². The molecule has 0 saturated carbocycles. The van der Waals surface area contributed by atoms with E-state index >= 15 is 0 Å². The molecule has 7 nitrogen and oxygen atoms in total. The third-order valence-electron chi connectivity index (χ3n) is 5.58. The second-order valence-corrected chi connectivity index (χ2v) is 10.1. The highest BCUT2D eigenvalue weighted by molar-refractivity contribution is 7.89. The third-order valence-corrected chi connectivity index (χ3v) is 7.67. The molecule has 4 rings (SSSR count). The zero-order valence-corrected chi connectivity index (χ0v) is 18.7. The summed E-state index contributed by atoms with van der Waals surface area (Å²) in [4.78, 5) is 19.0. The van der Waals surface area contributed by atoms with Crippen LogP contribution in [-0.4, -0.2) is 53.2 Å². The van der Waals surface area contributed by atoms with E-state index in [1.165, 1.54) is 13.1 Å². The van der Waals surface area contributed by atoms with Crippen LogP contribution in [0.25, 0.3) is 11.0 Å². The number of hydrogen-bond donors (Lipinski definition) is 0. The molecule has 0 spiro atoms. The predicted octanol–water partition coefficient (Wildman–Crippen LogP) is 3.42. The van der Waals surface area contributed by atoms with E-state index in [0.29, 0.717) is 16.9 Å². The van der Waals surface area contributed by atoms with E-state index < -0.39 is 15.8 Å². The van der Waals surface area contributed by atoms with Crippen molar-refractivity contribution in [2.75, 3.05) is 20.1 Å². The van der Waals surface area contributed by atoms with Gasteiger partial charge in [0.05, 0.1) is 27.5 Å². The Morgan fingerprint density at radius 2 is 1.90 bits per heavy atom. The Labute approximate surface area is 185 Å². The molecular formula is C21H22ClFN4O3S. The number of halogens is 2. The Morgan fingerprint density at radius 1 is 1.19 bits per heavy atom. The summed E-state index contributed by atoms with van der Waals surface area (Å²) >= 11 is 5.75. The largest absolute Gasteiger partial charge is 0.339 e. The van der Waals surface area contributed by atoms with E-state index in [2.05, 4.69) is 4.98 Å². The van der Waals surface area contributed by atoms with Gasteiger partial charge in [-0.25, -0.2) is 17.8 Å². The molecule has 1 amide bonds. The Kier molecular flexibility index (Phi) is 5.76. The van der Waals surface area contributed by atoms with E-state index in [-0.39, 0.29) is 22.4 Å². The van der Waals surface area contributed by atoms with Crippen molar-refractivity contribution in [2.24, 2.45) is 7.05 Å². The normalized spacial score (nSPS) is 14.7. The van der Waals surface area contributed by atoms with Crippen LogP contribution in [0.15, 0.2) is 41.3 Å². The van der Waals surface area contributed by atoms with Crippen molar-refractivity contribution in [1.29, 1.82) is 0 Å². The number of amides is 1. The van der Waals surface area contributed by atoms with Crippen LogP contribution in [0.3, 0.4) is 0 Å². The summed E-state index contributed by atoms with van der Waals surface area (Å²) in [6, 6.07) is 8.63. The van der Waals surface area contributed by atoms with E-state index in [9.17, 15) is 17.6 Å². The summed E-state index contributed by atoms with van der Waals surface area (Å²) in [5, 5.41) is -0.257. The zero-order valence-electron chi connectivity index (χ0n) is 17.2. The number of sulfonamides is 1. The van der Waals surface area contributed by atoms with Gasteiger partial charge in [0.2, 0.25) is 10.0 Å². The minimum absolute atomic E-state index is 0.00207. The van der Waals surface area contributed by atoms with Gasteiger partial charge in [0.1, 0.15) is 11.6 Å². The number of nitrogens with zero attached hydrogens (tertiary/aromatic N) is 4. The molecule has 0 radical (unpaired) electrons. The van der Waals surface area contributed by atoms with Gasteiger partial charge in [0.25, 0.3) is 5.91 Å². The van der Waals surface area contributed by atoms with Crippen molar-refractivity contribution in [2.45, 2.75) is 24.3 Å². The minimum atomic E-state index is -3.90. The van der Waals surface area contributed by atoms with Crippen LogP contribution in [0, 0.1) is 5.82 Å². The number of carbonyl (C=O) groups excluding carboxylic acids is 1. The summed E-state index contributed by atoms with van der Waals surface area (Å²) in [7, 11) is -0.677. The molecule has 2 aromatic carbocycles. The molecule has 1 fully saturated rings. The molecule has 1 aliphatic heterocycles. The number of benzene rings is 2. The number of aryl methyl sites for hydroxylation is 1. The summed E-state index contributed by atoms with van der Waals surface area (Å²) in [5.41, 5.74) is 1.99. The molecule has 1 aromatic heterocycles. The first-order valence-electron chi connectivity index (χ1n) is 9.84. The molecule has 1 saturated heterocycles. The van der Waals surface area contributed by atoms with Crippen LogP contribution in [0.4, 0.5) is 4.39 Å². The minimum Gasteiger partial charge on any atom is -0.339 e. The standard InChI is InChI=1S/C21H22ClFN4O3S/c1-25(31(29,30)15-6-7-17(23)16(22)12-15)13-20-24-18-11-14(5-8-19(18)26(20)2)21(28)27-9-3-4-10-27/h5-8,11-12H,3-4,9-10,13H2,1-2H3. The highest BCUT2D eigenvalue weighted by atomic mass is 35.5. The summed E-state index contributed by atoms with van der Waals surface area (Å²) in [6.07, 6.45) is 2.03. The average molecular weight is 465 g/mol. The fraction of sp³-hybridized carbons (Fsp3) is 0.333. The lowest BCUT2D eigenvalue weighted by Crippen LogP contribution is -2.27. The van der Waals surface area contributed by atoms with Crippen LogP contribution in [-0.2, 0) is 23.6 Å². The highest BCUT2D eigenvalue weighted by Gasteiger charge is 2.25. The molecular weight excluding hydrogens is 443 g/mol. The maximum atomic E-state index is 13.4. The van der Waals surface area contributed by atoms with Crippen LogP contribution >= 0.6 is 11.6 Å². The second-order valence-electron chi connectivity index (χ2n) is 7.63. The van der Waals surface area contributed by atoms with E-state index in [1.54, 1.807) is 23.7 Å². The zero-order chi connectivity index (χ0) is 22.3. The van der Waals surface area contributed by atoms with Crippen molar-refractivity contribution in [3.63, 3.8) is 0 Å². The van der Waals surface area contributed by atoms with Gasteiger partial charge in [-0.3, -0.25) is 4.79 Å². The molecule has 3 aromatic rings. The maximum Gasteiger partial charge on any atom is 0.253 e. The number of imidazole rings is 1. The molecule has 10 heteroatoms. The van der Waals surface area contributed by atoms with Gasteiger partial charge in [0.15, 0.2) is 0 Å². The predicted molar refractivity (Wildman–Crippen MR) is 116 cm³/mol. The van der Waals surface area contributed by atoms with E-state index in [0.717, 1.165) is 47.9 Å². The topological polar surface area (TPSA) is 75.5 Å². The lowest BCUT2D eigenvalue weighted by atomic mass is 10.2. The summed E-state index contributed by atoms with van der Waals surface area (Å²) in [6.45, 7) is 1.53. The third kappa shape index (κ3) is 4.05. The molecule has 31 heavy (non-hydrogen) atoms. The molecule has 164 valence electrons. The Morgan fingerprint density at radius 3 is 2.58 bits per heavy atom. The first-order valence-corrected chi connectivity index (χ1v) is 11.7. The van der Waals surface area contributed by atoms with E-state index in [1.807, 2.05) is 11.0 Å². The molecule has 0 unspecified atom stereocenters. The molecule has 0 N–H and O–H groups in total. The monoisotopic (exact) mass is 464 g/mol. The molecule has 1 aliphatic rings. The Bertz CT molecular complexity index is 1270. The van der Waals surface area contributed by atoms with Crippen LogP contribution in [0.5, 0.6) is 0 Å². The fourth-order valence-corrected chi connectivity index (χ4v) is 5.13. The fourth-order valence-electron chi connectivity index (χ4n) is 3.73. The molecule has 2 heterocycles. The van der Waals surface area contributed by atoms with E-state index in [4.69, 9.17) is 11.6 Å². The lowest BCUT2D eigenvalue weighted by Gasteiger charge is -2.17. The van der Waals surface area contributed by atoms with Crippen LogP contribution in [0.2, 0.25) is 5.02 Å². The average Bonchev–Trinajstić information content (AvgIpc) is 3.38. The van der Waals surface area contributed by atoms with Gasteiger partial charge >= 0.3 is 0 Å². The van der Waals surface area contributed by atoms with Gasteiger partial charge in [0, 0.05) is 32.7 Å². The maximum absolute atomic E-state index is 13.4. The first kappa shape index (κ1) is 21.7. The summed E-state index contributed by atoms with van der Waals surface area (Å²) < 4.78 is 42.1. The number of fused-ring (bicyclic) bond motifs is 1. The Balaban J connectivity index is 1.61. The van der Waals surface area contributed by atoms with Gasteiger partial charge in [-0.2, -0.15) is 4.31 Å². The lowest BCUT2D eigenvalue weighted by molar-refractivity contribution is 0.0793. The van der Waals surface area contributed by atoms with Gasteiger partial charge < -0.3 is 9.47 Å². The smallest absolute Gasteiger partial charge is 0.253 e. The molecule has 0 atom stereocenters. The van der Waals surface area contributed by atoms with Crippen LogP contribution < -0.4 is 0 Å². The van der Waals surface area contributed by atoms with Gasteiger partial charge in [-0.05, 0) is 49.2 Å². The number of hydrogen-bond acceptors (Lipinski definition) is 4. The van der Waals surface area contributed by atoms with Gasteiger partial charge in [-0.1, -0.05) is 11.6 Å². The Hall–Kier alpha value is -2.49. The number of likely N-dealkylation sites (tertiary alicyclic amines) is 1. The van der Waals surface area contributed by atoms with Crippen LogP contribution in [0.1, 0.15) is 29.0 Å². The quantitative estimate of drug-likeness (QED) is 0.579. The SMILES string of the molecule is CN(Cc1nc2cc(C(=O)N3CCCC3)ccc2n1C)S(=O)(=O)c1ccc(F)c(Cl)c1. The summed E-state index contributed by atoms with van der Waals surface area (Å²) in [5.74, 6) is -0.183. The van der Waals surface area contributed by atoms with Crippen molar-refractivity contribution in [3.05, 3.63) is 58.6 Å². The second kappa shape index (κ2) is 8.22. The first-order chi connectivity index (χ1) is 14.7. The number of carbonyl (C=O) groups is 1. The van der Waals surface area contributed by atoms with Crippen molar-refractivity contribution in [1.82, 2.24) is 18.8 Å². The molecule has 0 aliphatic carbocycles. The van der Waals surface area contributed by atoms with Crippen molar-refractivity contribution >= 4 is 38.6 Å². The number of rotatable bonds is 5. The molecule has 0 bridgehead atoms. The van der Waals surface area contributed by atoms with Crippen molar-refractivity contribution < 1.29 is 17.6 Å².